The minimum absolute atomic E-state index is 0.124. The molecule has 8 heteroatoms. The van der Waals surface area contributed by atoms with Gasteiger partial charge in [-0.05, 0) is 34.7 Å². The van der Waals surface area contributed by atoms with E-state index in [1.807, 2.05) is 22.6 Å². The second-order valence-corrected chi connectivity index (χ2v) is 5.75. The molecule has 0 aliphatic carbocycles. The Morgan fingerprint density at radius 3 is 2.86 bits per heavy atom. The van der Waals surface area contributed by atoms with E-state index in [0.717, 1.165) is 0 Å². The Labute approximate surface area is 137 Å². The van der Waals surface area contributed by atoms with Crippen LogP contribution in [0.25, 0.3) is 10.9 Å². The monoisotopic (exact) mass is 414 g/mol. The van der Waals surface area contributed by atoms with Gasteiger partial charge in [0.15, 0.2) is 0 Å². The largest absolute Gasteiger partial charge is 0.308 e. The summed E-state index contributed by atoms with van der Waals surface area (Å²) in [5, 5.41) is 0.675. The highest BCUT2D eigenvalue weighted by Crippen LogP contribution is 2.10. The molecule has 0 spiro atoms. The molecule has 0 atom stereocenters. The standard InChI is InChI=1S/C13H8ClIN4O2/c14-11-10(15)13(21)19(6-16-11)5-9-17-8-4-2-1-3-7(8)12(20)18-9/h1-4,6H,5H2,(H,17,18,20). The maximum Gasteiger partial charge on any atom is 0.268 e. The van der Waals surface area contributed by atoms with Crippen LogP contribution in [0.5, 0.6) is 0 Å². The maximum atomic E-state index is 12.1. The number of H-pyrrole nitrogens is 1. The Balaban J connectivity index is 2.09. The first-order valence-electron chi connectivity index (χ1n) is 5.94. The van der Waals surface area contributed by atoms with Crippen molar-refractivity contribution in [3.63, 3.8) is 0 Å². The number of hydrogen-bond acceptors (Lipinski definition) is 4. The van der Waals surface area contributed by atoms with E-state index < -0.39 is 0 Å². The quantitative estimate of drug-likeness (QED) is 0.512. The van der Waals surface area contributed by atoms with E-state index in [1.54, 1.807) is 24.3 Å². The van der Waals surface area contributed by atoms with Gasteiger partial charge in [0.2, 0.25) is 0 Å². The summed E-state index contributed by atoms with van der Waals surface area (Å²) in [5.41, 5.74) is 0.0765. The van der Waals surface area contributed by atoms with Gasteiger partial charge in [0, 0.05) is 0 Å². The molecule has 0 aliphatic rings. The van der Waals surface area contributed by atoms with Gasteiger partial charge in [-0.2, -0.15) is 0 Å². The Morgan fingerprint density at radius 2 is 2.05 bits per heavy atom. The molecule has 1 N–H and O–H groups in total. The van der Waals surface area contributed by atoms with Crippen molar-refractivity contribution in [1.29, 1.82) is 0 Å². The molecule has 0 unspecified atom stereocenters. The second-order valence-electron chi connectivity index (χ2n) is 4.31. The van der Waals surface area contributed by atoms with Crippen LogP contribution in [0.3, 0.4) is 0 Å². The van der Waals surface area contributed by atoms with Gasteiger partial charge in [0.05, 0.1) is 23.8 Å². The summed E-state index contributed by atoms with van der Waals surface area (Å²) in [4.78, 5) is 35.0. The lowest BCUT2D eigenvalue weighted by Gasteiger charge is -2.06. The topological polar surface area (TPSA) is 80.6 Å². The van der Waals surface area contributed by atoms with Crippen LogP contribution < -0.4 is 11.1 Å². The average molecular weight is 415 g/mol. The molecule has 106 valence electrons. The molecular weight excluding hydrogens is 407 g/mol. The van der Waals surface area contributed by atoms with Crippen LogP contribution in [0.2, 0.25) is 5.15 Å². The van der Waals surface area contributed by atoms with Crippen LogP contribution in [-0.2, 0) is 6.54 Å². The van der Waals surface area contributed by atoms with Crippen molar-refractivity contribution >= 4 is 45.1 Å². The molecule has 21 heavy (non-hydrogen) atoms. The minimum Gasteiger partial charge on any atom is -0.308 e. The first-order chi connectivity index (χ1) is 10.1. The van der Waals surface area contributed by atoms with Gasteiger partial charge < -0.3 is 4.98 Å². The summed E-state index contributed by atoms with van der Waals surface area (Å²) in [6, 6.07) is 7.02. The molecule has 0 fully saturated rings. The van der Waals surface area contributed by atoms with Crippen molar-refractivity contribution in [1.82, 2.24) is 19.5 Å². The number of fused-ring (bicyclic) bond motifs is 1. The maximum absolute atomic E-state index is 12.1. The molecule has 1 aromatic carbocycles. The van der Waals surface area contributed by atoms with Gasteiger partial charge in [0.1, 0.15) is 14.5 Å². The Morgan fingerprint density at radius 1 is 1.29 bits per heavy atom. The van der Waals surface area contributed by atoms with E-state index in [0.29, 0.717) is 20.3 Å². The number of nitrogens with one attached hydrogen (secondary N) is 1. The fraction of sp³-hybridized carbons (Fsp3) is 0.0769. The summed E-state index contributed by atoms with van der Waals surface area (Å²) in [7, 11) is 0. The van der Waals surface area contributed by atoms with Crippen molar-refractivity contribution in [3.8, 4) is 0 Å². The smallest absolute Gasteiger partial charge is 0.268 e. The highest BCUT2D eigenvalue weighted by molar-refractivity contribution is 14.1. The third-order valence-corrected chi connectivity index (χ3v) is 4.50. The highest BCUT2D eigenvalue weighted by atomic mass is 127. The average Bonchev–Trinajstić information content (AvgIpc) is 2.48. The third-order valence-electron chi connectivity index (χ3n) is 2.92. The SMILES string of the molecule is O=c1[nH]c(Cn2cnc(Cl)c(I)c2=O)nc2ccccc12. The fourth-order valence-electron chi connectivity index (χ4n) is 1.93. The first-order valence-corrected chi connectivity index (χ1v) is 7.40. The molecule has 2 heterocycles. The molecule has 0 saturated carbocycles. The lowest BCUT2D eigenvalue weighted by molar-refractivity contribution is 0.694. The van der Waals surface area contributed by atoms with Gasteiger partial charge in [0.25, 0.3) is 11.1 Å². The number of hydrogen-bond donors (Lipinski definition) is 1. The van der Waals surface area contributed by atoms with Crippen molar-refractivity contribution in [2.45, 2.75) is 6.54 Å². The second kappa shape index (κ2) is 5.57. The van der Waals surface area contributed by atoms with Gasteiger partial charge in [-0.15, -0.1) is 0 Å². The van der Waals surface area contributed by atoms with Crippen molar-refractivity contribution in [3.05, 3.63) is 65.8 Å². The minimum atomic E-state index is -0.272. The van der Waals surface area contributed by atoms with Crippen molar-refractivity contribution in [2.75, 3.05) is 0 Å². The first kappa shape index (κ1) is 14.2. The normalized spacial score (nSPS) is 11.0. The van der Waals surface area contributed by atoms with E-state index in [4.69, 9.17) is 11.6 Å². The van der Waals surface area contributed by atoms with E-state index in [1.165, 1.54) is 10.9 Å². The zero-order valence-electron chi connectivity index (χ0n) is 10.5. The van der Waals surface area contributed by atoms with Crippen molar-refractivity contribution in [2.24, 2.45) is 0 Å². The van der Waals surface area contributed by atoms with Crippen molar-refractivity contribution < 1.29 is 0 Å². The number of aromatic nitrogens is 4. The Kier molecular flexibility index (Phi) is 3.77. The molecular formula is C13H8ClIN4O2. The van der Waals surface area contributed by atoms with E-state index in [2.05, 4.69) is 15.0 Å². The van der Waals surface area contributed by atoms with Crippen LogP contribution in [-0.4, -0.2) is 19.5 Å². The molecule has 0 radical (unpaired) electrons. The Hall–Kier alpha value is -1.74. The predicted molar refractivity (Wildman–Crippen MR) is 87.7 cm³/mol. The zero-order valence-corrected chi connectivity index (χ0v) is 13.4. The number of aromatic amines is 1. The lowest BCUT2D eigenvalue weighted by Crippen LogP contribution is -2.25. The number of halogens is 2. The number of rotatable bonds is 2. The third kappa shape index (κ3) is 2.70. The lowest BCUT2D eigenvalue weighted by atomic mass is 10.2. The Bertz CT molecular complexity index is 951. The van der Waals surface area contributed by atoms with E-state index in [9.17, 15) is 9.59 Å². The van der Waals surface area contributed by atoms with Gasteiger partial charge in [-0.3, -0.25) is 14.2 Å². The number of para-hydroxylation sites is 1. The molecule has 0 aliphatic heterocycles. The van der Waals surface area contributed by atoms with Crippen LogP contribution in [0.4, 0.5) is 0 Å². The predicted octanol–water partition coefficient (Wildman–Crippen LogP) is 1.79. The van der Waals surface area contributed by atoms with Gasteiger partial charge in [-0.1, -0.05) is 23.7 Å². The van der Waals surface area contributed by atoms with Crippen LogP contribution in [0, 0.1) is 3.57 Å². The van der Waals surface area contributed by atoms with Crippen LogP contribution in [0.1, 0.15) is 5.82 Å². The van der Waals surface area contributed by atoms with Crippen LogP contribution >= 0.6 is 34.2 Å². The summed E-state index contributed by atoms with van der Waals surface area (Å²) < 4.78 is 1.68. The molecule has 0 bridgehead atoms. The molecule has 0 amide bonds. The summed E-state index contributed by atoms with van der Waals surface area (Å²) in [6.07, 6.45) is 1.34. The zero-order chi connectivity index (χ0) is 15.0. The fourth-order valence-corrected chi connectivity index (χ4v) is 2.50. The molecule has 3 rings (SSSR count). The number of nitrogens with zero attached hydrogens (tertiary/aromatic N) is 3. The molecule has 6 nitrogen and oxygen atoms in total. The van der Waals surface area contributed by atoms with Crippen LogP contribution in [0.15, 0.2) is 40.2 Å². The summed E-state index contributed by atoms with van der Waals surface area (Å²) >= 11 is 7.62. The number of benzene rings is 1. The van der Waals surface area contributed by atoms with E-state index >= 15 is 0 Å². The van der Waals surface area contributed by atoms with Gasteiger partial charge >= 0.3 is 0 Å². The summed E-state index contributed by atoms with van der Waals surface area (Å²) in [5.74, 6) is 0.390. The van der Waals surface area contributed by atoms with Gasteiger partial charge in [-0.25, -0.2) is 9.97 Å². The molecule has 3 aromatic rings. The molecule has 0 saturated heterocycles. The molecule has 2 aromatic heterocycles. The highest BCUT2D eigenvalue weighted by Gasteiger charge is 2.09. The van der Waals surface area contributed by atoms with E-state index in [-0.39, 0.29) is 22.8 Å². The summed E-state index contributed by atoms with van der Waals surface area (Å²) in [6.45, 7) is 0.124.